The van der Waals surface area contributed by atoms with E-state index in [4.69, 9.17) is 10.5 Å². The molecular formula is C11H19N3OS. The number of nitrogens with two attached hydrogens (primary N) is 1. The summed E-state index contributed by atoms with van der Waals surface area (Å²) >= 11 is 1.38. The van der Waals surface area contributed by atoms with Crippen molar-refractivity contribution in [3.8, 4) is 5.75 Å². The molecule has 0 amide bonds. The van der Waals surface area contributed by atoms with Gasteiger partial charge in [-0.1, -0.05) is 0 Å². The number of nitrogens with zero attached hydrogens (tertiary/aromatic N) is 1. The standard InChI is InChI=1S/C11H19N3OS/c1-6(2)15-9-10(12)14-16-11(9)13-7(3)8-4-5-8/h6-8,13H,4-5H2,1-3H3,(H2,12,14). The summed E-state index contributed by atoms with van der Waals surface area (Å²) in [5.74, 6) is 2.01. The van der Waals surface area contributed by atoms with Gasteiger partial charge in [0.05, 0.1) is 6.10 Å². The van der Waals surface area contributed by atoms with Gasteiger partial charge in [-0.05, 0) is 51.1 Å². The van der Waals surface area contributed by atoms with Crippen LogP contribution in [0.1, 0.15) is 33.6 Å². The SMILES string of the molecule is CC(C)Oc1c(N)nsc1NC(C)C1CC1. The van der Waals surface area contributed by atoms with Gasteiger partial charge in [0, 0.05) is 6.04 Å². The van der Waals surface area contributed by atoms with Gasteiger partial charge >= 0.3 is 0 Å². The molecule has 1 aromatic heterocycles. The minimum Gasteiger partial charge on any atom is -0.484 e. The monoisotopic (exact) mass is 241 g/mol. The molecule has 2 rings (SSSR count). The fraction of sp³-hybridized carbons (Fsp3) is 0.727. The Morgan fingerprint density at radius 3 is 2.69 bits per heavy atom. The molecule has 4 nitrogen and oxygen atoms in total. The summed E-state index contributed by atoms with van der Waals surface area (Å²) < 4.78 is 9.81. The van der Waals surface area contributed by atoms with E-state index < -0.39 is 0 Å². The zero-order valence-corrected chi connectivity index (χ0v) is 10.8. The molecule has 3 N–H and O–H groups in total. The van der Waals surface area contributed by atoms with Crippen molar-refractivity contribution in [2.45, 2.75) is 45.8 Å². The first kappa shape index (κ1) is 11.5. The van der Waals surface area contributed by atoms with Crippen LogP contribution in [0.5, 0.6) is 5.75 Å². The summed E-state index contributed by atoms with van der Waals surface area (Å²) in [7, 11) is 0. The van der Waals surface area contributed by atoms with E-state index in [1.807, 2.05) is 13.8 Å². The Morgan fingerprint density at radius 2 is 2.12 bits per heavy atom. The third-order valence-corrected chi connectivity index (χ3v) is 3.49. The molecule has 1 atom stereocenters. The Morgan fingerprint density at radius 1 is 1.44 bits per heavy atom. The van der Waals surface area contributed by atoms with Crippen molar-refractivity contribution < 1.29 is 4.74 Å². The second-order valence-corrected chi connectivity index (χ2v) is 5.44. The van der Waals surface area contributed by atoms with Crippen LogP contribution < -0.4 is 15.8 Å². The minimum atomic E-state index is 0.121. The fourth-order valence-corrected chi connectivity index (χ4v) is 2.40. The highest BCUT2D eigenvalue weighted by Crippen LogP contribution is 2.40. The van der Waals surface area contributed by atoms with Gasteiger partial charge in [0.1, 0.15) is 0 Å². The largest absolute Gasteiger partial charge is 0.484 e. The second-order valence-electron chi connectivity index (χ2n) is 4.66. The lowest BCUT2D eigenvalue weighted by Gasteiger charge is -2.15. The third kappa shape index (κ3) is 2.58. The number of nitrogen functional groups attached to an aromatic ring is 1. The van der Waals surface area contributed by atoms with Crippen molar-refractivity contribution in [2.75, 3.05) is 11.1 Å². The van der Waals surface area contributed by atoms with E-state index >= 15 is 0 Å². The van der Waals surface area contributed by atoms with Crippen LogP contribution in [-0.4, -0.2) is 16.5 Å². The summed E-state index contributed by atoms with van der Waals surface area (Å²) in [5, 5.41) is 4.41. The highest BCUT2D eigenvalue weighted by molar-refractivity contribution is 7.11. The van der Waals surface area contributed by atoms with E-state index in [0.29, 0.717) is 17.6 Å². The van der Waals surface area contributed by atoms with E-state index in [-0.39, 0.29) is 6.10 Å². The normalized spacial score (nSPS) is 17.5. The molecule has 0 saturated heterocycles. The van der Waals surface area contributed by atoms with Gasteiger partial charge in [-0.2, -0.15) is 4.37 Å². The maximum absolute atomic E-state index is 5.79. The van der Waals surface area contributed by atoms with Crippen molar-refractivity contribution in [1.82, 2.24) is 4.37 Å². The Bertz CT molecular complexity index is 360. The molecular weight excluding hydrogens is 222 g/mol. The van der Waals surface area contributed by atoms with Gasteiger partial charge in [-0.3, -0.25) is 0 Å². The predicted octanol–water partition coefficient (Wildman–Crippen LogP) is 2.72. The lowest BCUT2D eigenvalue weighted by Crippen LogP contribution is -2.17. The quantitative estimate of drug-likeness (QED) is 0.832. The molecule has 90 valence electrons. The molecule has 0 spiro atoms. The van der Waals surface area contributed by atoms with Gasteiger partial charge in [0.15, 0.2) is 16.6 Å². The van der Waals surface area contributed by atoms with Crippen molar-refractivity contribution in [2.24, 2.45) is 5.92 Å². The molecule has 16 heavy (non-hydrogen) atoms. The van der Waals surface area contributed by atoms with Crippen LogP contribution in [0.2, 0.25) is 0 Å². The molecule has 0 radical (unpaired) electrons. The zero-order chi connectivity index (χ0) is 11.7. The van der Waals surface area contributed by atoms with Crippen LogP contribution in [0, 0.1) is 5.92 Å². The maximum Gasteiger partial charge on any atom is 0.197 e. The first-order valence-electron chi connectivity index (χ1n) is 5.76. The highest BCUT2D eigenvalue weighted by Gasteiger charge is 2.29. The topological polar surface area (TPSA) is 60.2 Å². The molecule has 1 fully saturated rings. The van der Waals surface area contributed by atoms with Gasteiger partial charge in [-0.15, -0.1) is 0 Å². The van der Waals surface area contributed by atoms with Gasteiger partial charge in [-0.25, -0.2) is 0 Å². The number of rotatable bonds is 5. The van der Waals surface area contributed by atoms with Gasteiger partial charge in [0.2, 0.25) is 0 Å². The predicted molar refractivity (Wildman–Crippen MR) is 68.1 cm³/mol. The summed E-state index contributed by atoms with van der Waals surface area (Å²) in [4.78, 5) is 0. The number of nitrogens with one attached hydrogen (secondary N) is 1. The lowest BCUT2D eigenvalue weighted by atomic mass is 10.2. The van der Waals surface area contributed by atoms with Crippen molar-refractivity contribution in [3.63, 3.8) is 0 Å². The molecule has 0 bridgehead atoms. The number of anilines is 2. The number of hydrogen-bond donors (Lipinski definition) is 2. The summed E-state index contributed by atoms with van der Waals surface area (Å²) in [5.41, 5.74) is 5.79. The molecule has 0 aliphatic heterocycles. The lowest BCUT2D eigenvalue weighted by molar-refractivity contribution is 0.245. The van der Waals surface area contributed by atoms with Crippen LogP contribution in [0.4, 0.5) is 10.8 Å². The molecule has 1 aliphatic carbocycles. The Balaban J connectivity index is 2.07. The maximum atomic E-state index is 5.79. The molecule has 1 heterocycles. The van der Waals surface area contributed by atoms with E-state index in [0.717, 1.165) is 10.9 Å². The Hall–Kier alpha value is -0.970. The third-order valence-electron chi connectivity index (χ3n) is 2.72. The first-order valence-corrected chi connectivity index (χ1v) is 6.53. The van der Waals surface area contributed by atoms with Crippen LogP contribution >= 0.6 is 11.5 Å². The summed E-state index contributed by atoms with van der Waals surface area (Å²) in [6.07, 6.45) is 2.77. The van der Waals surface area contributed by atoms with E-state index in [9.17, 15) is 0 Å². The summed E-state index contributed by atoms with van der Waals surface area (Å²) in [6, 6.07) is 0.481. The molecule has 0 aromatic carbocycles. The average Bonchev–Trinajstić information content (AvgIpc) is 2.99. The van der Waals surface area contributed by atoms with E-state index in [1.54, 1.807) is 0 Å². The number of hydrogen-bond acceptors (Lipinski definition) is 5. The highest BCUT2D eigenvalue weighted by atomic mass is 32.1. The van der Waals surface area contributed by atoms with Crippen LogP contribution in [0.15, 0.2) is 0 Å². The molecule has 1 saturated carbocycles. The van der Waals surface area contributed by atoms with Crippen molar-refractivity contribution in [3.05, 3.63) is 0 Å². The second kappa shape index (κ2) is 4.49. The molecule has 1 aromatic rings. The smallest absolute Gasteiger partial charge is 0.197 e. The van der Waals surface area contributed by atoms with Crippen LogP contribution in [0.25, 0.3) is 0 Å². The van der Waals surface area contributed by atoms with Crippen LogP contribution in [-0.2, 0) is 0 Å². The fourth-order valence-electron chi connectivity index (χ4n) is 1.66. The number of ether oxygens (including phenoxy) is 1. The average molecular weight is 241 g/mol. The van der Waals surface area contributed by atoms with Crippen molar-refractivity contribution >= 4 is 22.4 Å². The first-order chi connectivity index (χ1) is 7.58. The Labute approximate surface area is 100 Å². The molecule has 1 aliphatic rings. The van der Waals surface area contributed by atoms with Crippen LogP contribution in [0.3, 0.4) is 0 Å². The van der Waals surface area contributed by atoms with E-state index in [1.165, 1.54) is 24.4 Å². The Kier molecular flexibility index (Phi) is 3.23. The number of aromatic nitrogens is 1. The zero-order valence-electron chi connectivity index (χ0n) is 9.99. The molecule has 5 heteroatoms. The molecule has 1 unspecified atom stereocenters. The minimum absolute atomic E-state index is 0.121. The van der Waals surface area contributed by atoms with Gasteiger partial charge < -0.3 is 15.8 Å². The van der Waals surface area contributed by atoms with E-state index in [2.05, 4.69) is 16.6 Å². The summed E-state index contributed by atoms with van der Waals surface area (Å²) in [6.45, 7) is 6.18. The van der Waals surface area contributed by atoms with Crippen molar-refractivity contribution in [1.29, 1.82) is 0 Å². The van der Waals surface area contributed by atoms with Gasteiger partial charge in [0.25, 0.3) is 0 Å².